The molecule has 0 saturated carbocycles. The molecule has 0 aliphatic carbocycles. The Bertz CT molecular complexity index is 628. The third kappa shape index (κ3) is 3.79. The molecular formula is C17H19F2NO. The van der Waals surface area contributed by atoms with Crippen LogP contribution in [0.1, 0.15) is 29.7 Å². The lowest BCUT2D eigenvalue weighted by atomic mass is 10.0. The van der Waals surface area contributed by atoms with Crippen LogP contribution < -0.4 is 10.1 Å². The van der Waals surface area contributed by atoms with E-state index in [-0.39, 0.29) is 18.2 Å². The number of hydrogen-bond acceptors (Lipinski definition) is 2. The Labute approximate surface area is 123 Å². The zero-order chi connectivity index (χ0) is 15.4. The van der Waals surface area contributed by atoms with Crippen LogP contribution in [0, 0.1) is 18.6 Å². The van der Waals surface area contributed by atoms with Crippen molar-refractivity contribution < 1.29 is 13.5 Å². The summed E-state index contributed by atoms with van der Waals surface area (Å²) in [5.74, 6) is -0.263. The van der Waals surface area contributed by atoms with Crippen molar-refractivity contribution in [2.75, 3.05) is 7.05 Å². The van der Waals surface area contributed by atoms with Crippen LogP contribution in [0.25, 0.3) is 0 Å². The van der Waals surface area contributed by atoms with Gasteiger partial charge in [-0.2, -0.15) is 0 Å². The minimum absolute atomic E-state index is 0.00388. The van der Waals surface area contributed by atoms with Crippen molar-refractivity contribution in [3.8, 4) is 5.75 Å². The first-order valence-electron chi connectivity index (χ1n) is 6.86. The van der Waals surface area contributed by atoms with Gasteiger partial charge in [0.15, 0.2) is 0 Å². The van der Waals surface area contributed by atoms with Gasteiger partial charge in [0.25, 0.3) is 0 Å². The lowest BCUT2D eigenvalue weighted by Gasteiger charge is -2.17. The topological polar surface area (TPSA) is 21.3 Å². The molecule has 0 spiro atoms. The third-order valence-electron chi connectivity index (χ3n) is 3.46. The predicted octanol–water partition coefficient (Wildman–Crippen LogP) is 4.13. The van der Waals surface area contributed by atoms with Crippen LogP contribution in [-0.4, -0.2) is 7.05 Å². The summed E-state index contributed by atoms with van der Waals surface area (Å²) in [5, 5.41) is 3.15. The normalized spacial score (nSPS) is 12.2. The van der Waals surface area contributed by atoms with Gasteiger partial charge in [0.1, 0.15) is 24.0 Å². The summed E-state index contributed by atoms with van der Waals surface area (Å²) in [4.78, 5) is 0. The van der Waals surface area contributed by atoms with Gasteiger partial charge >= 0.3 is 0 Å². The summed E-state index contributed by atoms with van der Waals surface area (Å²) in [5.41, 5.74) is 2.32. The maximum Gasteiger partial charge on any atom is 0.130 e. The van der Waals surface area contributed by atoms with Gasteiger partial charge < -0.3 is 10.1 Å². The molecule has 0 fully saturated rings. The highest BCUT2D eigenvalue weighted by Gasteiger charge is 2.12. The molecule has 1 atom stereocenters. The molecule has 0 aromatic heterocycles. The first-order chi connectivity index (χ1) is 10.0. The molecule has 0 saturated heterocycles. The smallest absolute Gasteiger partial charge is 0.130 e. The summed E-state index contributed by atoms with van der Waals surface area (Å²) >= 11 is 0. The first-order valence-corrected chi connectivity index (χ1v) is 6.86. The standard InChI is InChI=1S/C17H19F2NO/c1-11-4-7-17(15(8-11)12(2)20-3)21-10-13-9-14(18)5-6-16(13)19/h4-9,12,20H,10H2,1-3H3. The van der Waals surface area contributed by atoms with E-state index in [1.165, 1.54) is 0 Å². The number of ether oxygens (including phenoxy) is 1. The lowest BCUT2D eigenvalue weighted by Crippen LogP contribution is -2.14. The summed E-state index contributed by atoms with van der Waals surface area (Å²) in [6.45, 7) is 4.02. The molecule has 0 bridgehead atoms. The number of halogens is 2. The predicted molar refractivity (Wildman–Crippen MR) is 79.3 cm³/mol. The van der Waals surface area contributed by atoms with E-state index in [9.17, 15) is 8.78 Å². The maximum absolute atomic E-state index is 13.6. The molecule has 0 aliphatic rings. The molecule has 0 heterocycles. The van der Waals surface area contributed by atoms with Gasteiger partial charge in [-0.25, -0.2) is 8.78 Å². The van der Waals surface area contributed by atoms with Gasteiger partial charge in [-0.15, -0.1) is 0 Å². The molecular weight excluding hydrogens is 272 g/mol. The van der Waals surface area contributed by atoms with Crippen LogP contribution in [0.4, 0.5) is 8.78 Å². The Morgan fingerprint density at radius 3 is 2.62 bits per heavy atom. The highest BCUT2D eigenvalue weighted by molar-refractivity contribution is 5.39. The quantitative estimate of drug-likeness (QED) is 0.894. The first kappa shape index (κ1) is 15.4. The second-order valence-electron chi connectivity index (χ2n) is 5.08. The van der Waals surface area contributed by atoms with E-state index in [1.54, 1.807) is 0 Å². The lowest BCUT2D eigenvalue weighted by molar-refractivity contribution is 0.293. The summed E-state index contributed by atoms with van der Waals surface area (Å²) in [6, 6.07) is 9.29. The van der Waals surface area contributed by atoms with Gasteiger partial charge in [-0.05, 0) is 45.2 Å². The van der Waals surface area contributed by atoms with Crippen molar-refractivity contribution in [1.29, 1.82) is 0 Å². The van der Waals surface area contributed by atoms with Crippen LogP contribution in [0.15, 0.2) is 36.4 Å². The molecule has 21 heavy (non-hydrogen) atoms. The molecule has 0 amide bonds. The molecule has 2 rings (SSSR count). The summed E-state index contributed by atoms with van der Waals surface area (Å²) in [7, 11) is 1.86. The number of hydrogen-bond donors (Lipinski definition) is 1. The Kier molecular flexibility index (Phi) is 4.91. The van der Waals surface area contributed by atoms with Crippen LogP contribution in [0.2, 0.25) is 0 Å². The molecule has 2 aromatic rings. The molecule has 2 nitrogen and oxygen atoms in total. The molecule has 2 aromatic carbocycles. The van der Waals surface area contributed by atoms with Crippen LogP contribution in [0.3, 0.4) is 0 Å². The zero-order valence-corrected chi connectivity index (χ0v) is 12.4. The Morgan fingerprint density at radius 2 is 1.90 bits per heavy atom. The van der Waals surface area contributed by atoms with Gasteiger partial charge in [0.05, 0.1) is 0 Å². The van der Waals surface area contributed by atoms with Gasteiger partial charge in [-0.1, -0.05) is 17.7 Å². The van der Waals surface area contributed by atoms with E-state index in [2.05, 4.69) is 5.32 Å². The Morgan fingerprint density at radius 1 is 1.14 bits per heavy atom. The van der Waals surface area contributed by atoms with Crippen molar-refractivity contribution in [2.24, 2.45) is 0 Å². The maximum atomic E-state index is 13.6. The Balaban J connectivity index is 2.21. The van der Waals surface area contributed by atoms with Crippen molar-refractivity contribution in [3.05, 3.63) is 64.7 Å². The highest BCUT2D eigenvalue weighted by atomic mass is 19.1. The highest BCUT2D eigenvalue weighted by Crippen LogP contribution is 2.27. The SMILES string of the molecule is CNC(C)c1cc(C)ccc1OCc1cc(F)ccc1F. The van der Waals surface area contributed by atoms with E-state index in [0.717, 1.165) is 29.3 Å². The number of aryl methyl sites for hydroxylation is 1. The van der Waals surface area contributed by atoms with Crippen LogP contribution in [0.5, 0.6) is 5.75 Å². The fourth-order valence-electron chi connectivity index (χ4n) is 2.10. The van der Waals surface area contributed by atoms with E-state index in [0.29, 0.717) is 5.75 Å². The van der Waals surface area contributed by atoms with Gasteiger partial charge in [0.2, 0.25) is 0 Å². The van der Waals surface area contributed by atoms with E-state index in [4.69, 9.17) is 4.74 Å². The molecule has 0 radical (unpaired) electrons. The van der Waals surface area contributed by atoms with Crippen LogP contribution in [-0.2, 0) is 6.61 Å². The number of rotatable bonds is 5. The zero-order valence-electron chi connectivity index (χ0n) is 12.4. The average molecular weight is 291 g/mol. The van der Waals surface area contributed by atoms with E-state index >= 15 is 0 Å². The fraction of sp³-hybridized carbons (Fsp3) is 0.294. The van der Waals surface area contributed by atoms with Crippen molar-refractivity contribution in [1.82, 2.24) is 5.32 Å². The van der Waals surface area contributed by atoms with Crippen molar-refractivity contribution in [3.63, 3.8) is 0 Å². The summed E-state index contributed by atoms with van der Waals surface area (Å²) in [6.07, 6.45) is 0. The number of benzene rings is 2. The average Bonchev–Trinajstić information content (AvgIpc) is 2.48. The number of nitrogens with one attached hydrogen (secondary N) is 1. The monoisotopic (exact) mass is 291 g/mol. The third-order valence-corrected chi connectivity index (χ3v) is 3.46. The van der Waals surface area contributed by atoms with Crippen molar-refractivity contribution >= 4 is 0 Å². The summed E-state index contributed by atoms with van der Waals surface area (Å²) < 4.78 is 32.4. The molecule has 0 aliphatic heterocycles. The molecule has 4 heteroatoms. The second kappa shape index (κ2) is 6.68. The van der Waals surface area contributed by atoms with E-state index < -0.39 is 11.6 Å². The van der Waals surface area contributed by atoms with Gasteiger partial charge in [0, 0.05) is 17.2 Å². The fourth-order valence-corrected chi connectivity index (χ4v) is 2.10. The van der Waals surface area contributed by atoms with E-state index in [1.807, 2.05) is 39.1 Å². The van der Waals surface area contributed by atoms with Gasteiger partial charge in [-0.3, -0.25) is 0 Å². The molecule has 112 valence electrons. The largest absolute Gasteiger partial charge is 0.488 e. The molecule has 1 unspecified atom stereocenters. The Hall–Kier alpha value is -1.94. The van der Waals surface area contributed by atoms with Crippen molar-refractivity contribution in [2.45, 2.75) is 26.5 Å². The van der Waals surface area contributed by atoms with Crippen LogP contribution >= 0.6 is 0 Å². The minimum Gasteiger partial charge on any atom is -0.488 e. The minimum atomic E-state index is -0.470. The molecule has 1 N–H and O–H groups in total. The second-order valence-corrected chi connectivity index (χ2v) is 5.08.